The molecule has 0 aliphatic heterocycles. The number of alkyl halides is 1. The molecule has 0 aliphatic rings. The Morgan fingerprint density at radius 1 is 1.58 bits per heavy atom. The molecule has 0 saturated carbocycles. The van der Waals surface area contributed by atoms with Gasteiger partial charge in [0.2, 0.25) is 0 Å². The average molecular weight is 204 g/mol. The van der Waals surface area contributed by atoms with E-state index in [4.69, 9.17) is 16.4 Å². The Morgan fingerprint density at radius 3 is 2.75 bits per heavy atom. The van der Waals surface area contributed by atoms with Crippen LogP contribution in [0.15, 0.2) is 29.2 Å². The molecule has 1 aromatic carbocycles. The highest BCUT2D eigenvalue weighted by Gasteiger charge is 2.02. The van der Waals surface area contributed by atoms with E-state index in [0.29, 0.717) is 10.8 Å². The van der Waals surface area contributed by atoms with E-state index in [1.165, 1.54) is 6.26 Å². The Labute approximate surface area is 77.5 Å². The lowest BCUT2D eigenvalue weighted by Crippen LogP contribution is -1.95. The third-order valence-electron chi connectivity index (χ3n) is 1.50. The van der Waals surface area contributed by atoms with Crippen LogP contribution in [0.1, 0.15) is 5.56 Å². The second-order valence-electron chi connectivity index (χ2n) is 2.62. The molecular formula is C8H10ClNOS. The summed E-state index contributed by atoms with van der Waals surface area (Å²) in [5.74, 6) is 0.392. The minimum absolute atomic E-state index is 0.392. The van der Waals surface area contributed by atoms with Crippen molar-refractivity contribution >= 4 is 21.3 Å². The first-order valence-electron chi connectivity index (χ1n) is 3.43. The van der Waals surface area contributed by atoms with Crippen molar-refractivity contribution in [2.45, 2.75) is 10.8 Å². The summed E-state index contributed by atoms with van der Waals surface area (Å²) < 4.78 is 18.6. The molecule has 0 heterocycles. The molecule has 12 heavy (non-hydrogen) atoms. The number of nitrogens with one attached hydrogen (secondary N) is 1. The fourth-order valence-corrected chi connectivity index (χ4v) is 1.75. The van der Waals surface area contributed by atoms with Crippen LogP contribution < -0.4 is 0 Å². The second-order valence-corrected chi connectivity index (χ2v) is 5.05. The highest BCUT2D eigenvalue weighted by atomic mass is 35.5. The van der Waals surface area contributed by atoms with Gasteiger partial charge in [-0.05, 0) is 17.7 Å². The highest BCUT2D eigenvalue weighted by molar-refractivity contribution is 7.91. The molecule has 0 bridgehead atoms. The van der Waals surface area contributed by atoms with Crippen molar-refractivity contribution in [3.8, 4) is 0 Å². The van der Waals surface area contributed by atoms with E-state index in [0.717, 1.165) is 5.56 Å². The first-order chi connectivity index (χ1) is 5.54. The molecule has 1 N–H and O–H groups in total. The minimum Gasteiger partial charge on any atom is -0.249 e. The van der Waals surface area contributed by atoms with Gasteiger partial charge in [0.15, 0.2) is 0 Å². The summed E-state index contributed by atoms with van der Waals surface area (Å²) in [6, 6.07) is 7.01. The third-order valence-corrected chi connectivity index (χ3v) is 2.96. The molecule has 0 spiro atoms. The maximum atomic E-state index is 11.3. The molecule has 1 unspecified atom stereocenters. The molecule has 2 nitrogen and oxygen atoms in total. The lowest BCUT2D eigenvalue weighted by atomic mass is 10.2. The predicted molar refractivity (Wildman–Crippen MR) is 51.1 cm³/mol. The normalized spacial score (nSPS) is 15.5. The van der Waals surface area contributed by atoms with Crippen molar-refractivity contribution in [2.24, 2.45) is 0 Å². The second kappa shape index (κ2) is 3.46. The minimum atomic E-state index is -2.59. The van der Waals surface area contributed by atoms with Crippen molar-refractivity contribution in [3.63, 3.8) is 0 Å². The van der Waals surface area contributed by atoms with E-state index >= 15 is 0 Å². The lowest BCUT2D eigenvalue weighted by molar-refractivity contribution is 0.679. The molecular weight excluding hydrogens is 194 g/mol. The molecule has 4 heteroatoms. The predicted octanol–water partition coefficient (Wildman–Crippen LogP) is 2.46. The summed E-state index contributed by atoms with van der Waals surface area (Å²) >= 11 is 5.59. The van der Waals surface area contributed by atoms with Crippen LogP contribution in [0, 0.1) is 4.78 Å². The fraction of sp³-hybridized carbons (Fsp3) is 0.250. The standard InChI is InChI=1S/C8H10ClNOS/c1-12(10,11)8-4-2-3-7(5-8)6-9/h2-5,10H,6H2,1H3. The van der Waals surface area contributed by atoms with Crippen LogP contribution in [-0.2, 0) is 15.6 Å². The molecule has 0 fully saturated rings. The molecule has 0 saturated heterocycles. The maximum absolute atomic E-state index is 11.3. The molecule has 0 aromatic heterocycles. The molecule has 1 aromatic rings. The van der Waals surface area contributed by atoms with Crippen LogP contribution in [0.25, 0.3) is 0 Å². The van der Waals surface area contributed by atoms with Gasteiger partial charge in [0.25, 0.3) is 0 Å². The van der Waals surface area contributed by atoms with Crippen LogP contribution in [0.4, 0.5) is 0 Å². The van der Waals surface area contributed by atoms with Crippen molar-refractivity contribution in [2.75, 3.05) is 6.26 Å². The summed E-state index contributed by atoms with van der Waals surface area (Å²) in [6.07, 6.45) is 1.40. The van der Waals surface area contributed by atoms with E-state index in [-0.39, 0.29) is 0 Å². The van der Waals surface area contributed by atoms with E-state index in [9.17, 15) is 4.21 Å². The van der Waals surface area contributed by atoms with Gasteiger partial charge in [-0.25, -0.2) is 8.99 Å². The Kier molecular flexibility index (Phi) is 2.75. The van der Waals surface area contributed by atoms with Gasteiger partial charge >= 0.3 is 0 Å². The largest absolute Gasteiger partial charge is 0.249 e. The van der Waals surface area contributed by atoms with Crippen molar-refractivity contribution < 1.29 is 4.21 Å². The molecule has 0 aliphatic carbocycles. The monoisotopic (exact) mass is 203 g/mol. The zero-order chi connectivity index (χ0) is 9.19. The maximum Gasteiger partial charge on any atom is 0.0696 e. The number of benzene rings is 1. The Hall–Kier alpha value is -0.540. The van der Waals surface area contributed by atoms with Gasteiger partial charge in [0.1, 0.15) is 0 Å². The SMILES string of the molecule is CS(=N)(=O)c1cccc(CCl)c1. The van der Waals surface area contributed by atoms with Crippen LogP contribution in [-0.4, -0.2) is 10.5 Å². The smallest absolute Gasteiger partial charge is 0.0696 e. The topological polar surface area (TPSA) is 40.9 Å². The third kappa shape index (κ3) is 2.22. The van der Waals surface area contributed by atoms with Crippen molar-refractivity contribution in [3.05, 3.63) is 29.8 Å². The van der Waals surface area contributed by atoms with Crippen molar-refractivity contribution in [1.29, 1.82) is 4.78 Å². The van der Waals surface area contributed by atoms with Crippen LogP contribution >= 0.6 is 11.6 Å². The van der Waals surface area contributed by atoms with E-state index in [2.05, 4.69) is 0 Å². The first kappa shape index (κ1) is 9.55. The van der Waals surface area contributed by atoms with Gasteiger partial charge in [0.05, 0.1) is 9.73 Å². The van der Waals surface area contributed by atoms with Crippen LogP contribution in [0.3, 0.4) is 0 Å². The summed E-state index contributed by atoms with van der Waals surface area (Å²) in [5.41, 5.74) is 0.899. The number of hydrogen-bond acceptors (Lipinski definition) is 2. The Balaban J connectivity index is 3.20. The number of halogens is 1. The number of rotatable bonds is 2. The molecule has 0 radical (unpaired) electrons. The summed E-state index contributed by atoms with van der Waals surface area (Å²) in [5, 5.41) is 0. The first-order valence-corrected chi connectivity index (χ1v) is 5.93. The molecule has 0 amide bonds. The van der Waals surface area contributed by atoms with Gasteiger partial charge in [-0.1, -0.05) is 12.1 Å². The van der Waals surface area contributed by atoms with Gasteiger partial charge in [-0.3, -0.25) is 0 Å². The summed E-state index contributed by atoms with van der Waals surface area (Å²) in [4.78, 5) is 0.542. The summed E-state index contributed by atoms with van der Waals surface area (Å²) in [6.45, 7) is 0. The zero-order valence-electron chi connectivity index (χ0n) is 6.71. The quantitative estimate of drug-likeness (QED) is 0.738. The van der Waals surface area contributed by atoms with Gasteiger partial charge < -0.3 is 0 Å². The van der Waals surface area contributed by atoms with Crippen LogP contribution in [0.2, 0.25) is 0 Å². The van der Waals surface area contributed by atoms with Gasteiger partial charge in [-0.2, -0.15) is 0 Å². The fourth-order valence-electron chi connectivity index (χ4n) is 0.871. The van der Waals surface area contributed by atoms with Gasteiger partial charge in [-0.15, -0.1) is 11.6 Å². The zero-order valence-corrected chi connectivity index (χ0v) is 8.28. The van der Waals surface area contributed by atoms with E-state index in [1.807, 2.05) is 6.07 Å². The van der Waals surface area contributed by atoms with Crippen LogP contribution in [0.5, 0.6) is 0 Å². The molecule has 66 valence electrons. The van der Waals surface area contributed by atoms with E-state index < -0.39 is 9.73 Å². The highest BCUT2D eigenvalue weighted by Crippen LogP contribution is 2.12. The Bertz CT molecular complexity index is 372. The molecule has 1 atom stereocenters. The summed E-state index contributed by atoms with van der Waals surface area (Å²) in [7, 11) is -2.59. The Morgan fingerprint density at radius 2 is 2.25 bits per heavy atom. The average Bonchev–Trinajstić information content (AvgIpc) is 2.03. The van der Waals surface area contributed by atoms with Crippen molar-refractivity contribution in [1.82, 2.24) is 0 Å². The van der Waals surface area contributed by atoms with Gasteiger partial charge in [0, 0.05) is 17.0 Å². The number of hydrogen-bond donors (Lipinski definition) is 1. The lowest BCUT2D eigenvalue weighted by Gasteiger charge is -2.01. The van der Waals surface area contributed by atoms with E-state index in [1.54, 1.807) is 18.2 Å². The molecule has 1 rings (SSSR count).